The van der Waals surface area contributed by atoms with Crippen LogP contribution in [0.25, 0.3) is 0 Å². The van der Waals surface area contributed by atoms with Crippen LogP contribution >= 0.6 is 0 Å². The summed E-state index contributed by atoms with van der Waals surface area (Å²) in [7, 11) is 0. The summed E-state index contributed by atoms with van der Waals surface area (Å²) in [4.78, 5) is 15.7. The van der Waals surface area contributed by atoms with Gasteiger partial charge in [-0.05, 0) is 24.0 Å². The third kappa shape index (κ3) is 3.87. The fourth-order valence-electron chi connectivity index (χ4n) is 1.16. The van der Waals surface area contributed by atoms with E-state index in [-0.39, 0.29) is 17.0 Å². The summed E-state index contributed by atoms with van der Waals surface area (Å²) in [6.45, 7) is 6.86. The van der Waals surface area contributed by atoms with Gasteiger partial charge in [0, 0.05) is 12.7 Å². The summed E-state index contributed by atoms with van der Waals surface area (Å²) in [5.74, 6) is -0.233. The van der Waals surface area contributed by atoms with E-state index in [1.165, 1.54) is 12.3 Å². The number of amides is 1. The van der Waals surface area contributed by atoms with Gasteiger partial charge in [0.15, 0.2) is 0 Å². The molecule has 1 heterocycles. The van der Waals surface area contributed by atoms with Crippen LogP contribution in [-0.4, -0.2) is 17.4 Å². The van der Waals surface area contributed by atoms with E-state index >= 15 is 0 Å². The van der Waals surface area contributed by atoms with Crippen LogP contribution in [0.15, 0.2) is 18.3 Å². The van der Waals surface area contributed by atoms with Crippen molar-refractivity contribution in [2.24, 2.45) is 5.41 Å². The first-order valence-electron chi connectivity index (χ1n) is 5.63. The van der Waals surface area contributed by atoms with Crippen molar-refractivity contribution in [3.8, 4) is 6.07 Å². The molecule has 4 nitrogen and oxygen atoms in total. The lowest BCUT2D eigenvalue weighted by atomic mass is 9.90. The summed E-state index contributed by atoms with van der Waals surface area (Å²) in [5.41, 5.74) is 0.804. The van der Waals surface area contributed by atoms with Gasteiger partial charge in [0.2, 0.25) is 0 Å². The zero-order chi connectivity index (χ0) is 12.9. The predicted molar refractivity (Wildman–Crippen MR) is 65.4 cm³/mol. The minimum Gasteiger partial charge on any atom is -0.350 e. The van der Waals surface area contributed by atoms with E-state index < -0.39 is 0 Å². The highest BCUT2D eigenvalue weighted by Gasteiger charge is 2.17. The number of hydrogen-bond donors (Lipinski definition) is 1. The molecule has 0 aliphatic heterocycles. The highest BCUT2D eigenvalue weighted by Crippen LogP contribution is 2.17. The van der Waals surface area contributed by atoms with Gasteiger partial charge >= 0.3 is 0 Å². The van der Waals surface area contributed by atoms with Gasteiger partial charge in [0.1, 0.15) is 5.69 Å². The number of pyridine rings is 1. The molecule has 0 spiro atoms. The molecule has 0 saturated carbocycles. The van der Waals surface area contributed by atoms with E-state index in [0.29, 0.717) is 12.1 Å². The Balaban J connectivity index is 2.68. The highest BCUT2D eigenvalue weighted by molar-refractivity contribution is 5.92. The Labute approximate surface area is 102 Å². The topological polar surface area (TPSA) is 65.8 Å². The van der Waals surface area contributed by atoms with Gasteiger partial charge in [-0.15, -0.1) is 0 Å². The smallest absolute Gasteiger partial charge is 0.269 e. The molecule has 17 heavy (non-hydrogen) atoms. The Morgan fingerprint density at radius 3 is 2.88 bits per heavy atom. The van der Waals surface area contributed by atoms with Crippen LogP contribution in [0.3, 0.4) is 0 Å². The van der Waals surface area contributed by atoms with Crippen molar-refractivity contribution in [3.63, 3.8) is 0 Å². The van der Waals surface area contributed by atoms with Gasteiger partial charge in [0.25, 0.3) is 5.91 Å². The van der Waals surface area contributed by atoms with Crippen molar-refractivity contribution in [2.75, 3.05) is 6.54 Å². The average Bonchev–Trinajstić information content (AvgIpc) is 2.36. The fourth-order valence-corrected chi connectivity index (χ4v) is 1.16. The third-order valence-electron chi connectivity index (χ3n) is 2.81. The lowest BCUT2D eigenvalue weighted by Crippen LogP contribution is -2.34. The van der Waals surface area contributed by atoms with Crippen molar-refractivity contribution < 1.29 is 4.79 Å². The quantitative estimate of drug-likeness (QED) is 0.863. The minimum absolute atomic E-state index is 0.0719. The molecule has 0 unspecified atom stereocenters. The molecule has 1 aromatic heterocycles. The number of nitrogens with one attached hydrogen (secondary N) is 1. The molecule has 0 bridgehead atoms. The van der Waals surface area contributed by atoms with Crippen LogP contribution in [0.4, 0.5) is 0 Å². The molecule has 0 fully saturated rings. The number of carbonyl (C=O) groups is 1. The summed E-state index contributed by atoms with van der Waals surface area (Å²) in [6, 6.07) is 5.06. The zero-order valence-corrected chi connectivity index (χ0v) is 10.4. The van der Waals surface area contributed by atoms with E-state index in [1.807, 2.05) is 6.07 Å². The van der Waals surface area contributed by atoms with E-state index in [1.54, 1.807) is 6.07 Å². The lowest BCUT2D eigenvalue weighted by Gasteiger charge is -2.22. The number of nitriles is 1. The second kappa shape index (κ2) is 5.44. The van der Waals surface area contributed by atoms with Crippen LogP contribution in [0, 0.1) is 16.7 Å². The summed E-state index contributed by atoms with van der Waals surface area (Å²) < 4.78 is 0. The van der Waals surface area contributed by atoms with Crippen molar-refractivity contribution >= 4 is 5.91 Å². The first-order valence-corrected chi connectivity index (χ1v) is 5.63. The molecule has 1 amide bonds. The molecular weight excluding hydrogens is 214 g/mol. The summed E-state index contributed by atoms with van der Waals surface area (Å²) in [6.07, 6.45) is 2.46. The van der Waals surface area contributed by atoms with E-state index in [9.17, 15) is 4.79 Å². The molecule has 90 valence electrons. The van der Waals surface area contributed by atoms with E-state index in [0.717, 1.165) is 6.42 Å². The minimum atomic E-state index is -0.233. The lowest BCUT2D eigenvalue weighted by molar-refractivity contribution is 0.0930. The molecule has 0 aliphatic carbocycles. The molecule has 1 N–H and O–H groups in total. The average molecular weight is 231 g/mol. The molecule has 1 aromatic rings. The molecule has 0 radical (unpaired) electrons. The third-order valence-corrected chi connectivity index (χ3v) is 2.81. The molecular formula is C13H17N3O. The Morgan fingerprint density at radius 2 is 2.29 bits per heavy atom. The molecule has 0 aliphatic rings. The van der Waals surface area contributed by atoms with Gasteiger partial charge in [-0.3, -0.25) is 9.78 Å². The van der Waals surface area contributed by atoms with Crippen molar-refractivity contribution in [2.45, 2.75) is 27.2 Å². The number of hydrogen-bond acceptors (Lipinski definition) is 3. The van der Waals surface area contributed by atoms with Crippen LogP contribution in [0.1, 0.15) is 43.2 Å². The zero-order valence-electron chi connectivity index (χ0n) is 10.4. The largest absolute Gasteiger partial charge is 0.350 e. The van der Waals surface area contributed by atoms with Gasteiger partial charge in [-0.25, -0.2) is 0 Å². The molecule has 0 aromatic carbocycles. The Kier molecular flexibility index (Phi) is 4.22. The van der Waals surface area contributed by atoms with Gasteiger partial charge in [-0.1, -0.05) is 20.8 Å². The second-order valence-electron chi connectivity index (χ2n) is 4.74. The van der Waals surface area contributed by atoms with Gasteiger partial charge in [-0.2, -0.15) is 5.26 Å². The van der Waals surface area contributed by atoms with Crippen molar-refractivity contribution in [3.05, 3.63) is 29.6 Å². The first kappa shape index (κ1) is 13.2. The number of carbonyl (C=O) groups excluding carboxylic acids is 1. The van der Waals surface area contributed by atoms with Crippen molar-refractivity contribution in [1.29, 1.82) is 5.26 Å². The van der Waals surface area contributed by atoms with Crippen LogP contribution in [0.2, 0.25) is 0 Å². The highest BCUT2D eigenvalue weighted by atomic mass is 16.1. The maximum absolute atomic E-state index is 11.8. The van der Waals surface area contributed by atoms with Gasteiger partial charge < -0.3 is 5.32 Å². The Morgan fingerprint density at radius 1 is 1.59 bits per heavy atom. The Bertz CT molecular complexity index is 446. The monoisotopic (exact) mass is 231 g/mol. The standard InChI is InChI=1S/C13H17N3O/c1-4-13(2,3)9-16-12(17)11-7-10(8-14)5-6-15-11/h5-7H,4,9H2,1-3H3,(H,16,17). The molecule has 0 saturated heterocycles. The summed E-state index contributed by atoms with van der Waals surface area (Å²) >= 11 is 0. The fraction of sp³-hybridized carbons (Fsp3) is 0.462. The Hall–Kier alpha value is -1.89. The number of nitrogens with zero attached hydrogens (tertiary/aromatic N) is 2. The molecule has 0 atom stereocenters. The maximum Gasteiger partial charge on any atom is 0.269 e. The van der Waals surface area contributed by atoms with Crippen LogP contribution < -0.4 is 5.32 Å². The molecule has 1 rings (SSSR count). The normalized spacial score (nSPS) is 10.7. The number of rotatable bonds is 4. The second-order valence-corrected chi connectivity index (χ2v) is 4.74. The van der Waals surface area contributed by atoms with Crippen molar-refractivity contribution in [1.82, 2.24) is 10.3 Å². The SMILES string of the molecule is CCC(C)(C)CNC(=O)c1cc(C#N)ccn1. The predicted octanol–water partition coefficient (Wildman–Crippen LogP) is 2.12. The first-order chi connectivity index (χ1) is 7.98. The van der Waals surface area contributed by atoms with E-state index in [4.69, 9.17) is 5.26 Å². The maximum atomic E-state index is 11.8. The van der Waals surface area contributed by atoms with Crippen LogP contribution in [-0.2, 0) is 0 Å². The summed E-state index contributed by atoms with van der Waals surface area (Å²) in [5, 5.41) is 11.6. The van der Waals surface area contributed by atoms with E-state index in [2.05, 4.69) is 31.1 Å². The van der Waals surface area contributed by atoms with Gasteiger partial charge in [0.05, 0.1) is 11.6 Å². The molecule has 4 heteroatoms. The number of aromatic nitrogens is 1. The van der Waals surface area contributed by atoms with Crippen LogP contribution in [0.5, 0.6) is 0 Å².